The van der Waals surface area contributed by atoms with Crippen molar-refractivity contribution in [1.29, 1.82) is 0 Å². The first-order chi connectivity index (χ1) is 15.0. The van der Waals surface area contributed by atoms with Crippen LogP contribution in [0.3, 0.4) is 0 Å². The Hall–Kier alpha value is -2.68. The van der Waals surface area contributed by atoms with Gasteiger partial charge in [-0.25, -0.2) is 0 Å². The van der Waals surface area contributed by atoms with Gasteiger partial charge in [0.15, 0.2) is 10.9 Å². The Morgan fingerprint density at radius 2 is 1.90 bits per heavy atom. The van der Waals surface area contributed by atoms with Crippen LogP contribution in [-0.4, -0.2) is 43.9 Å². The number of Topliss-reactive ketones (excluding diaryl/α,β-unsaturated/α-hetero) is 1. The third kappa shape index (κ3) is 4.23. The zero-order valence-electron chi connectivity index (χ0n) is 17.1. The van der Waals surface area contributed by atoms with Gasteiger partial charge < -0.3 is 4.74 Å². The van der Waals surface area contributed by atoms with E-state index in [4.69, 9.17) is 16.3 Å². The number of aromatic nitrogens is 4. The zero-order valence-corrected chi connectivity index (χ0v) is 18.7. The molecule has 0 saturated heterocycles. The molecule has 0 N–H and O–H groups in total. The van der Waals surface area contributed by atoms with Gasteiger partial charge in [0, 0.05) is 30.8 Å². The summed E-state index contributed by atoms with van der Waals surface area (Å²) in [7, 11) is 1.63. The summed E-state index contributed by atoms with van der Waals surface area (Å²) >= 11 is 7.24. The van der Waals surface area contributed by atoms with E-state index in [-0.39, 0.29) is 11.3 Å². The van der Waals surface area contributed by atoms with Crippen LogP contribution in [0.25, 0.3) is 16.7 Å². The molecule has 2 heterocycles. The van der Waals surface area contributed by atoms with Gasteiger partial charge in [-0.3, -0.25) is 18.6 Å². The summed E-state index contributed by atoms with van der Waals surface area (Å²) in [6, 6.07) is 14.2. The Balaban J connectivity index is 1.76. The maximum Gasteiger partial charge on any atom is 0.262 e. The highest BCUT2D eigenvalue weighted by atomic mass is 35.5. The fourth-order valence-corrected chi connectivity index (χ4v) is 4.50. The number of hydrogen-bond donors (Lipinski definition) is 0. The monoisotopic (exact) mass is 456 g/mol. The van der Waals surface area contributed by atoms with Crippen LogP contribution in [0, 0.1) is 0 Å². The number of ketones is 1. The average Bonchev–Trinajstić information content (AvgIpc) is 3.19. The van der Waals surface area contributed by atoms with Crippen LogP contribution < -0.4 is 5.56 Å². The number of hydrogen-bond acceptors (Lipinski definition) is 6. The first-order valence-corrected chi connectivity index (χ1v) is 11.1. The SMILES string of the molecule is COCCCn1c(=O)c2ccccc2n2c(SC(C)C(=O)c3ccc(Cl)cc3)nnc12. The van der Waals surface area contributed by atoms with Gasteiger partial charge in [-0.1, -0.05) is 35.5 Å². The Kier molecular flexibility index (Phi) is 6.41. The van der Waals surface area contributed by atoms with E-state index in [9.17, 15) is 9.59 Å². The molecule has 4 rings (SSSR count). The number of para-hydroxylation sites is 1. The number of thioether (sulfide) groups is 1. The van der Waals surface area contributed by atoms with Crippen molar-refractivity contribution in [3.05, 3.63) is 69.5 Å². The van der Waals surface area contributed by atoms with Gasteiger partial charge in [-0.2, -0.15) is 0 Å². The number of methoxy groups -OCH3 is 1. The molecule has 0 saturated carbocycles. The second-order valence-electron chi connectivity index (χ2n) is 7.07. The van der Waals surface area contributed by atoms with Gasteiger partial charge >= 0.3 is 0 Å². The molecule has 1 atom stereocenters. The molecule has 0 aliphatic heterocycles. The number of ether oxygens (including phenoxy) is 1. The Morgan fingerprint density at radius 3 is 2.65 bits per heavy atom. The Bertz CT molecular complexity index is 1300. The number of carbonyl (C=O) groups excluding carboxylic acids is 1. The van der Waals surface area contributed by atoms with Crippen LogP contribution in [0.5, 0.6) is 0 Å². The van der Waals surface area contributed by atoms with Gasteiger partial charge in [0.2, 0.25) is 5.78 Å². The predicted octanol–water partition coefficient (Wildman–Crippen LogP) is 4.10. The highest BCUT2D eigenvalue weighted by Gasteiger charge is 2.22. The van der Waals surface area contributed by atoms with E-state index in [0.29, 0.717) is 52.0 Å². The summed E-state index contributed by atoms with van der Waals surface area (Å²) in [5.74, 6) is 0.421. The van der Waals surface area contributed by atoms with Crippen LogP contribution in [0.1, 0.15) is 23.7 Å². The highest BCUT2D eigenvalue weighted by molar-refractivity contribution is 8.00. The van der Waals surface area contributed by atoms with Crippen molar-refractivity contribution in [3.8, 4) is 0 Å². The van der Waals surface area contributed by atoms with E-state index in [1.165, 1.54) is 11.8 Å². The normalized spacial score (nSPS) is 12.5. The Morgan fingerprint density at radius 1 is 1.16 bits per heavy atom. The van der Waals surface area contributed by atoms with E-state index in [1.54, 1.807) is 42.0 Å². The van der Waals surface area contributed by atoms with Gasteiger partial charge in [0.25, 0.3) is 5.56 Å². The van der Waals surface area contributed by atoms with Crippen LogP contribution in [0.4, 0.5) is 0 Å². The topological polar surface area (TPSA) is 78.5 Å². The van der Waals surface area contributed by atoms with Crippen LogP contribution in [-0.2, 0) is 11.3 Å². The third-order valence-corrected chi connectivity index (χ3v) is 6.28. The molecule has 7 nitrogen and oxygen atoms in total. The molecule has 0 radical (unpaired) electrons. The number of halogens is 1. The van der Waals surface area contributed by atoms with Crippen molar-refractivity contribution in [2.75, 3.05) is 13.7 Å². The minimum Gasteiger partial charge on any atom is -0.385 e. The molecule has 0 amide bonds. The first-order valence-electron chi connectivity index (χ1n) is 9.83. The molecule has 2 aromatic heterocycles. The Labute approximate surface area is 188 Å². The largest absolute Gasteiger partial charge is 0.385 e. The summed E-state index contributed by atoms with van der Waals surface area (Å²) < 4.78 is 8.59. The van der Waals surface area contributed by atoms with Crippen molar-refractivity contribution in [1.82, 2.24) is 19.2 Å². The van der Waals surface area contributed by atoms with Gasteiger partial charge in [-0.15, -0.1) is 10.2 Å². The van der Waals surface area contributed by atoms with Gasteiger partial charge in [0.1, 0.15) is 0 Å². The fraction of sp³-hybridized carbons (Fsp3) is 0.273. The molecule has 9 heteroatoms. The van der Waals surface area contributed by atoms with Crippen molar-refractivity contribution >= 4 is 45.8 Å². The molecule has 1 unspecified atom stereocenters. The van der Waals surface area contributed by atoms with Crippen molar-refractivity contribution < 1.29 is 9.53 Å². The molecule has 0 fully saturated rings. The smallest absolute Gasteiger partial charge is 0.262 e. The number of rotatable bonds is 8. The summed E-state index contributed by atoms with van der Waals surface area (Å²) in [4.78, 5) is 25.9. The molecule has 0 spiro atoms. The lowest BCUT2D eigenvalue weighted by molar-refractivity contribution is 0.0994. The molecule has 0 bridgehead atoms. The zero-order chi connectivity index (χ0) is 22.0. The summed E-state index contributed by atoms with van der Waals surface area (Å²) in [5, 5.41) is 9.92. The lowest BCUT2D eigenvalue weighted by Crippen LogP contribution is -2.24. The predicted molar refractivity (Wildman–Crippen MR) is 122 cm³/mol. The molecule has 160 valence electrons. The van der Waals surface area contributed by atoms with Crippen LogP contribution in [0.15, 0.2) is 58.5 Å². The number of carbonyl (C=O) groups is 1. The number of nitrogens with zero attached hydrogens (tertiary/aromatic N) is 4. The quantitative estimate of drug-likeness (QED) is 0.226. The second kappa shape index (κ2) is 9.21. The number of benzene rings is 2. The van der Waals surface area contributed by atoms with Crippen molar-refractivity contribution in [2.24, 2.45) is 0 Å². The summed E-state index contributed by atoms with van der Waals surface area (Å²) in [5.41, 5.74) is 1.18. The molecule has 2 aromatic carbocycles. The summed E-state index contributed by atoms with van der Waals surface area (Å²) in [6.45, 7) is 2.83. The average molecular weight is 457 g/mol. The van der Waals surface area contributed by atoms with Crippen LogP contribution in [0.2, 0.25) is 5.02 Å². The van der Waals surface area contributed by atoms with Crippen LogP contribution >= 0.6 is 23.4 Å². The lowest BCUT2D eigenvalue weighted by Gasteiger charge is -2.12. The molecule has 4 aromatic rings. The molecule has 31 heavy (non-hydrogen) atoms. The lowest BCUT2D eigenvalue weighted by atomic mass is 10.1. The summed E-state index contributed by atoms with van der Waals surface area (Å²) in [6.07, 6.45) is 0.672. The van der Waals surface area contributed by atoms with E-state index in [0.717, 1.165) is 0 Å². The molecule has 0 aliphatic rings. The first kappa shape index (κ1) is 21.5. The highest BCUT2D eigenvalue weighted by Crippen LogP contribution is 2.27. The molecular weight excluding hydrogens is 436 g/mol. The van der Waals surface area contributed by atoms with Crippen molar-refractivity contribution in [3.63, 3.8) is 0 Å². The molecule has 0 aliphatic carbocycles. The van der Waals surface area contributed by atoms with E-state index in [2.05, 4.69) is 10.2 Å². The molecular formula is C22H21ClN4O3S. The van der Waals surface area contributed by atoms with Crippen molar-refractivity contribution in [2.45, 2.75) is 30.3 Å². The maximum atomic E-state index is 13.1. The van der Waals surface area contributed by atoms with E-state index in [1.807, 2.05) is 29.5 Å². The minimum atomic E-state index is -0.402. The van der Waals surface area contributed by atoms with E-state index < -0.39 is 5.25 Å². The fourth-order valence-electron chi connectivity index (χ4n) is 3.44. The van der Waals surface area contributed by atoms with Gasteiger partial charge in [-0.05, 0) is 49.7 Å². The number of aryl methyl sites for hydroxylation is 1. The number of fused-ring (bicyclic) bond motifs is 3. The maximum absolute atomic E-state index is 13.1. The second-order valence-corrected chi connectivity index (χ2v) is 8.81. The van der Waals surface area contributed by atoms with E-state index >= 15 is 0 Å². The third-order valence-electron chi connectivity index (χ3n) is 4.99. The van der Waals surface area contributed by atoms with Gasteiger partial charge in [0.05, 0.1) is 16.2 Å². The standard InChI is InChI=1S/C22H21ClN4O3S/c1-14(19(28)15-8-10-16(23)11-9-15)31-22-25-24-21-26(12-5-13-30-2)20(29)17-6-3-4-7-18(17)27(21)22/h3-4,6-11,14H,5,12-13H2,1-2H3. The minimum absolute atomic E-state index is 0.0314.